The number of aliphatic hydroxyl groups is 1. The Morgan fingerprint density at radius 3 is 2.88 bits per heavy atom. The van der Waals surface area contributed by atoms with Crippen LogP contribution in [0.1, 0.15) is 30.6 Å². The van der Waals surface area contributed by atoms with E-state index in [-0.39, 0.29) is 41.4 Å². The number of aromatic nitrogens is 2. The largest absolute Gasteiger partial charge is 0.489 e. The van der Waals surface area contributed by atoms with Crippen molar-refractivity contribution in [2.24, 2.45) is 0 Å². The summed E-state index contributed by atoms with van der Waals surface area (Å²) in [6, 6.07) is 2.98. The standard InChI is InChI=1S/C16H18ClN3O5S/c1-9-5-11-6-12(7-13(17)14(11)24-9)26(22,23)20-4-3-16(21,8-20)15-18-10(2)19-25-15/h6-7,9,21H,3-5,8H2,1-2H3/t9-,16+/m1/s1. The first-order chi connectivity index (χ1) is 12.2. The van der Waals surface area contributed by atoms with Crippen LogP contribution in [0.5, 0.6) is 5.75 Å². The molecule has 0 radical (unpaired) electrons. The molecule has 1 aromatic carbocycles. The first-order valence-corrected chi connectivity index (χ1v) is 10.0. The molecule has 3 heterocycles. The average molecular weight is 400 g/mol. The van der Waals surface area contributed by atoms with E-state index in [1.807, 2.05) is 6.92 Å². The van der Waals surface area contributed by atoms with Crippen LogP contribution in [-0.4, -0.2) is 47.2 Å². The highest BCUT2D eigenvalue weighted by molar-refractivity contribution is 7.89. The SMILES string of the molecule is Cc1noc([C@]2(O)CCN(S(=O)(=O)c3cc(Cl)c4c(c3)C[C@@H](C)O4)C2)n1. The molecular weight excluding hydrogens is 382 g/mol. The molecule has 4 rings (SSSR count). The molecule has 0 unspecified atom stereocenters. The molecule has 2 aliphatic rings. The predicted octanol–water partition coefficient (Wildman–Crippen LogP) is 1.64. The maximum atomic E-state index is 13.0. The lowest BCUT2D eigenvalue weighted by molar-refractivity contribution is 0.0194. The Bertz CT molecular complexity index is 976. The highest BCUT2D eigenvalue weighted by atomic mass is 35.5. The van der Waals surface area contributed by atoms with Gasteiger partial charge in [-0.05, 0) is 26.0 Å². The van der Waals surface area contributed by atoms with Gasteiger partial charge in [0.1, 0.15) is 11.9 Å². The van der Waals surface area contributed by atoms with Gasteiger partial charge in [0.05, 0.1) is 16.5 Å². The fourth-order valence-electron chi connectivity index (χ4n) is 3.38. The third-order valence-corrected chi connectivity index (χ3v) is 6.80. The smallest absolute Gasteiger partial charge is 0.260 e. The number of fused-ring (bicyclic) bond motifs is 1. The number of hydrogen-bond donors (Lipinski definition) is 1. The van der Waals surface area contributed by atoms with E-state index in [2.05, 4.69) is 10.1 Å². The number of ether oxygens (including phenoxy) is 1. The van der Waals surface area contributed by atoms with Crippen molar-refractivity contribution in [1.82, 2.24) is 14.4 Å². The second-order valence-corrected chi connectivity index (χ2v) is 9.14. The van der Waals surface area contributed by atoms with Gasteiger partial charge in [0.25, 0.3) is 5.89 Å². The fourth-order valence-corrected chi connectivity index (χ4v) is 5.30. The summed E-state index contributed by atoms with van der Waals surface area (Å²) in [6.07, 6.45) is 0.731. The minimum Gasteiger partial charge on any atom is -0.489 e. The van der Waals surface area contributed by atoms with E-state index in [1.165, 1.54) is 10.4 Å². The number of rotatable bonds is 3. The van der Waals surface area contributed by atoms with Crippen molar-refractivity contribution in [1.29, 1.82) is 0 Å². The molecule has 10 heteroatoms. The van der Waals surface area contributed by atoms with E-state index in [0.717, 1.165) is 5.56 Å². The molecule has 0 bridgehead atoms. The lowest BCUT2D eigenvalue weighted by Crippen LogP contribution is -2.34. The third kappa shape index (κ3) is 2.79. The summed E-state index contributed by atoms with van der Waals surface area (Å²) in [5, 5.41) is 14.7. The number of β-amino-alcohol motifs (C(OH)–C–C–N with tert-alkyl or cyclic N) is 1. The molecular formula is C16H18ClN3O5S. The number of nitrogens with zero attached hydrogens (tertiary/aromatic N) is 3. The van der Waals surface area contributed by atoms with Crippen LogP contribution < -0.4 is 4.74 Å². The Morgan fingerprint density at radius 1 is 1.42 bits per heavy atom. The van der Waals surface area contributed by atoms with E-state index in [1.54, 1.807) is 13.0 Å². The third-order valence-electron chi connectivity index (χ3n) is 4.70. The molecule has 1 fully saturated rings. The van der Waals surface area contributed by atoms with Gasteiger partial charge in [-0.15, -0.1) is 0 Å². The molecule has 0 amide bonds. The van der Waals surface area contributed by atoms with Gasteiger partial charge in [-0.2, -0.15) is 9.29 Å². The van der Waals surface area contributed by atoms with Crippen molar-refractivity contribution in [2.75, 3.05) is 13.1 Å². The maximum Gasteiger partial charge on any atom is 0.260 e. The Balaban J connectivity index is 1.64. The van der Waals surface area contributed by atoms with Crippen LogP contribution in [0.4, 0.5) is 0 Å². The molecule has 0 aliphatic carbocycles. The quantitative estimate of drug-likeness (QED) is 0.836. The van der Waals surface area contributed by atoms with E-state index in [4.69, 9.17) is 20.9 Å². The number of sulfonamides is 1. The molecule has 2 atom stereocenters. The minimum absolute atomic E-state index is 0.0295. The second-order valence-electron chi connectivity index (χ2n) is 6.79. The van der Waals surface area contributed by atoms with Crippen molar-refractivity contribution in [3.8, 4) is 5.75 Å². The molecule has 0 saturated carbocycles. The van der Waals surface area contributed by atoms with Crippen LogP contribution in [0.15, 0.2) is 21.6 Å². The molecule has 0 spiro atoms. The number of hydrogen-bond acceptors (Lipinski definition) is 7. The minimum atomic E-state index is -3.83. The van der Waals surface area contributed by atoms with Crippen molar-refractivity contribution >= 4 is 21.6 Å². The lowest BCUT2D eigenvalue weighted by atomic mass is 10.0. The van der Waals surface area contributed by atoms with Crippen molar-refractivity contribution in [3.63, 3.8) is 0 Å². The van der Waals surface area contributed by atoms with Crippen LogP contribution in [0.3, 0.4) is 0 Å². The summed E-state index contributed by atoms with van der Waals surface area (Å²) in [4.78, 5) is 4.12. The predicted molar refractivity (Wildman–Crippen MR) is 91.6 cm³/mol. The van der Waals surface area contributed by atoms with Crippen LogP contribution >= 0.6 is 11.6 Å². The molecule has 1 N–H and O–H groups in total. The summed E-state index contributed by atoms with van der Waals surface area (Å²) >= 11 is 6.22. The summed E-state index contributed by atoms with van der Waals surface area (Å²) in [5.74, 6) is 0.952. The first kappa shape index (κ1) is 17.7. The van der Waals surface area contributed by atoms with E-state index >= 15 is 0 Å². The first-order valence-electron chi connectivity index (χ1n) is 8.21. The molecule has 26 heavy (non-hydrogen) atoms. The summed E-state index contributed by atoms with van der Waals surface area (Å²) in [6.45, 7) is 3.52. The summed E-state index contributed by atoms with van der Waals surface area (Å²) in [7, 11) is -3.83. The lowest BCUT2D eigenvalue weighted by Gasteiger charge is -2.20. The highest BCUT2D eigenvalue weighted by Gasteiger charge is 2.47. The zero-order valence-corrected chi connectivity index (χ0v) is 15.8. The molecule has 2 aromatic rings. The van der Waals surface area contributed by atoms with Crippen LogP contribution in [0.25, 0.3) is 0 Å². The molecule has 140 valence electrons. The molecule has 2 aliphatic heterocycles. The molecule has 1 saturated heterocycles. The van der Waals surface area contributed by atoms with Crippen molar-refractivity contribution in [2.45, 2.75) is 43.3 Å². The van der Waals surface area contributed by atoms with Gasteiger partial charge in [-0.1, -0.05) is 16.8 Å². The van der Waals surface area contributed by atoms with Gasteiger partial charge in [-0.25, -0.2) is 8.42 Å². The van der Waals surface area contributed by atoms with Crippen LogP contribution in [0, 0.1) is 6.92 Å². The number of benzene rings is 1. The average Bonchev–Trinajstić information content (AvgIpc) is 3.26. The van der Waals surface area contributed by atoms with Gasteiger partial charge in [0.15, 0.2) is 11.4 Å². The maximum absolute atomic E-state index is 13.0. The van der Waals surface area contributed by atoms with Crippen LogP contribution in [-0.2, 0) is 22.0 Å². The van der Waals surface area contributed by atoms with Gasteiger partial charge in [-0.3, -0.25) is 0 Å². The van der Waals surface area contributed by atoms with Gasteiger partial charge >= 0.3 is 0 Å². The fraction of sp³-hybridized carbons (Fsp3) is 0.500. The van der Waals surface area contributed by atoms with Crippen molar-refractivity contribution in [3.05, 3.63) is 34.4 Å². The number of aryl methyl sites for hydroxylation is 1. The highest BCUT2D eigenvalue weighted by Crippen LogP contribution is 2.40. The van der Waals surface area contributed by atoms with Crippen molar-refractivity contribution < 1.29 is 22.8 Å². The van der Waals surface area contributed by atoms with E-state index < -0.39 is 15.6 Å². The van der Waals surface area contributed by atoms with Gasteiger partial charge < -0.3 is 14.4 Å². The summed E-state index contributed by atoms with van der Waals surface area (Å²) in [5.41, 5.74) is -0.725. The number of halogens is 1. The molecule has 8 nitrogen and oxygen atoms in total. The van der Waals surface area contributed by atoms with E-state index in [9.17, 15) is 13.5 Å². The zero-order chi connectivity index (χ0) is 18.7. The Kier molecular flexibility index (Phi) is 4.03. The summed E-state index contributed by atoms with van der Waals surface area (Å²) < 4.78 is 37.9. The van der Waals surface area contributed by atoms with Crippen LogP contribution in [0.2, 0.25) is 5.02 Å². The zero-order valence-electron chi connectivity index (χ0n) is 14.3. The normalized spacial score (nSPS) is 26.1. The Hall–Kier alpha value is -1.68. The second kappa shape index (κ2) is 5.91. The topological polar surface area (TPSA) is 106 Å². The Morgan fingerprint density at radius 2 is 2.19 bits per heavy atom. The van der Waals surface area contributed by atoms with Gasteiger partial charge in [0.2, 0.25) is 10.0 Å². The van der Waals surface area contributed by atoms with E-state index in [0.29, 0.717) is 18.0 Å². The Labute approximate surface area is 155 Å². The van der Waals surface area contributed by atoms with Gasteiger partial charge in [0, 0.05) is 24.9 Å². The monoisotopic (exact) mass is 399 g/mol. The molecule has 1 aromatic heterocycles.